The molecule has 4 nitrogen and oxygen atoms in total. The lowest BCUT2D eigenvalue weighted by molar-refractivity contribution is 0.0492. The van der Waals surface area contributed by atoms with Gasteiger partial charge in [-0.1, -0.05) is 11.6 Å². The van der Waals surface area contributed by atoms with Crippen LogP contribution in [0.15, 0.2) is 18.2 Å². The lowest BCUT2D eigenvalue weighted by Gasteiger charge is -2.24. The Kier molecular flexibility index (Phi) is 4.28. The third-order valence-electron chi connectivity index (χ3n) is 3.46. The highest BCUT2D eigenvalue weighted by molar-refractivity contribution is 6.30. The summed E-state index contributed by atoms with van der Waals surface area (Å²) < 4.78 is 5.22. The van der Waals surface area contributed by atoms with Crippen LogP contribution in [-0.2, 0) is 11.2 Å². The maximum absolute atomic E-state index is 12.4. The van der Waals surface area contributed by atoms with Crippen molar-refractivity contribution in [1.82, 2.24) is 5.32 Å². The van der Waals surface area contributed by atoms with Crippen molar-refractivity contribution in [2.24, 2.45) is 5.92 Å². The van der Waals surface area contributed by atoms with E-state index in [0.29, 0.717) is 17.0 Å². The first kappa shape index (κ1) is 15.8. The molecule has 1 N–H and O–H groups in total. The molecule has 1 amide bonds. The lowest BCUT2D eigenvalue weighted by Crippen LogP contribution is -2.43. The van der Waals surface area contributed by atoms with E-state index in [1.54, 1.807) is 32.9 Å². The van der Waals surface area contributed by atoms with Crippen LogP contribution in [0.2, 0.25) is 5.02 Å². The molecule has 0 aliphatic heterocycles. The number of alkyl carbamates (subject to hydrolysis) is 1. The molecule has 0 aromatic heterocycles. The fourth-order valence-corrected chi connectivity index (χ4v) is 2.69. The van der Waals surface area contributed by atoms with E-state index in [2.05, 4.69) is 5.32 Å². The second-order valence-corrected chi connectivity index (χ2v) is 6.85. The number of halogens is 1. The number of ether oxygens (including phenoxy) is 1. The molecule has 1 aliphatic rings. The summed E-state index contributed by atoms with van der Waals surface area (Å²) in [5, 5.41) is 3.36. The van der Waals surface area contributed by atoms with Gasteiger partial charge < -0.3 is 10.1 Å². The normalized spacial score (nSPS) is 19.1. The van der Waals surface area contributed by atoms with Gasteiger partial charge in [0.05, 0.1) is 0 Å². The highest BCUT2D eigenvalue weighted by atomic mass is 35.5. The predicted octanol–water partition coefficient (Wildman–Crippen LogP) is 3.61. The van der Waals surface area contributed by atoms with Crippen LogP contribution in [0.1, 0.15) is 43.6 Å². The summed E-state index contributed by atoms with van der Waals surface area (Å²) in [4.78, 5) is 24.2. The molecule has 1 aliphatic carbocycles. The molecule has 0 saturated heterocycles. The van der Waals surface area contributed by atoms with Crippen molar-refractivity contribution in [2.75, 3.05) is 0 Å². The van der Waals surface area contributed by atoms with Gasteiger partial charge in [0, 0.05) is 22.5 Å². The fraction of sp³-hybridized carbons (Fsp3) is 0.500. The Hall–Kier alpha value is -1.55. The molecular formula is C16H20ClNO3. The summed E-state index contributed by atoms with van der Waals surface area (Å²) >= 11 is 5.95. The molecule has 5 heteroatoms. The second-order valence-electron chi connectivity index (χ2n) is 6.41. The van der Waals surface area contributed by atoms with Gasteiger partial charge in [0.25, 0.3) is 0 Å². The highest BCUT2D eigenvalue weighted by Crippen LogP contribution is 2.31. The monoisotopic (exact) mass is 309 g/mol. The third kappa shape index (κ3) is 3.76. The Morgan fingerprint density at radius 3 is 2.71 bits per heavy atom. The summed E-state index contributed by atoms with van der Waals surface area (Å²) in [6, 6.07) is 4.99. The largest absolute Gasteiger partial charge is 0.444 e. The molecule has 0 bridgehead atoms. The van der Waals surface area contributed by atoms with E-state index in [1.165, 1.54) is 0 Å². The number of ketones is 1. The van der Waals surface area contributed by atoms with Crippen LogP contribution in [0.25, 0.3) is 0 Å². The van der Waals surface area contributed by atoms with Crippen LogP contribution < -0.4 is 5.32 Å². The number of carbonyl (C=O) groups excluding carboxylic acids is 2. The Balaban J connectivity index is 2.04. The van der Waals surface area contributed by atoms with Crippen molar-refractivity contribution in [3.8, 4) is 0 Å². The first-order chi connectivity index (χ1) is 9.67. The molecule has 2 unspecified atom stereocenters. The highest BCUT2D eigenvalue weighted by Gasteiger charge is 2.35. The Morgan fingerprint density at radius 1 is 1.43 bits per heavy atom. The van der Waals surface area contributed by atoms with E-state index in [1.807, 2.05) is 13.0 Å². The molecule has 21 heavy (non-hydrogen) atoms. The van der Waals surface area contributed by atoms with Crippen LogP contribution in [0.3, 0.4) is 0 Å². The topological polar surface area (TPSA) is 55.4 Å². The van der Waals surface area contributed by atoms with Crippen LogP contribution in [0.4, 0.5) is 4.79 Å². The summed E-state index contributed by atoms with van der Waals surface area (Å²) in [7, 11) is 0. The summed E-state index contributed by atoms with van der Waals surface area (Å²) in [5.41, 5.74) is 1.08. The maximum atomic E-state index is 12.4. The molecule has 0 spiro atoms. The zero-order valence-corrected chi connectivity index (χ0v) is 13.5. The van der Waals surface area contributed by atoms with Gasteiger partial charge in [-0.25, -0.2) is 4.79 Å². The average Bonchev–Trinajstić information content (AvgIpc) is 2.63. The molecule has 2 atom stereocenters. The predicted molar refractivity (Wildman–Crippen MR) is 81.8 cm³/mol. The lowest BCUT2D eigenvalue weighted by atomic mass is 9.97. The van der Waals surface area contributed by atoms with Crippen molar-refractivity contribution >= 4 is 23.5 Å². The smallest absolute Gasteiger partial charge is 0.407 e. The zero-order chi connectivity index (χ0) is 15.8. The molecule has 0 fully saturated rings. The average molecular weight is 310 g/mol. The molecule has 0 heterocycles. The standard InChI is InChI=1S/C16H20ClNO3/c1-9(18-15(20)21-16(2,3)4)13-8-10-7-11(17)5-6-12(10)14(13)19/h5-7,9,13H,8H2,1-4H3,(H,18,20). The van der Waals surface area contributed by atoms with E-state index < -0.39 is 11.7 Å². The van der Waals surface area contributed by atoms with Crippen molar-refractivity contribution in [3.05, 3.63) is 34.3 Å². The van der Waals surface area contributed by atoms with Gasteiger partial charge in [-0.15, -0.1) is 0 Å². The molecule has 0 radical (unpaired) electrons. The van der Waals surface area contributed by atoms with Crippen molar-refractivity contribution in [1.29, 1.82) is 0 Å². The van der Waals surface area contributed by atoms with Gasteiger partial charge in [0.1, 0.15) is 5.60 Å². The zero-order valence-electron chi connectivity index (χ0n) is 12.7. The fourth-order valence-electron chi connectivity index (χ4n) is 2.50. The number of hydrogen-bond donors (Lipinski definition) is 1. The van der Waals surface area contributed by atoms with Gasteiger partial charge >= 0.3 is 6.09 Å². The third-order valence-corrected chi connectivity index (χ3v) is 3.69. The quantitative estimate of drug-likeness (QED) is 0.908. The Morgan fingerprint density at radius 2 is 2.10 bits per heavy atom. The number of nitrogens with one attached hydrogen (secondary N) is 1. The number of carbonyl (C=O) groups is 2. The first-order valence-electron chi connectivity index (χ1n) is 6.99. The van der Waals surface area contributed by atoms with Crippen molar-refractivity contribution < 1.29 is 14.3 Å². The number of amides is 1. The first-order valence-corrected chi connectivity index (χ1v) is 7.37. The van der Waals surface area contributed by atoms with Crippen molar-refractivity contribution in [2.45, 2.75) is 45.8 Å². The minimum atomic E-state index is -0.556. The number of hydrogen-bond acceptors (Lipinski definition) is 3. The van der Waals surface area contributed by atoms with Crippen LogP contribution in [0, 0.1) is 5.92 Å². The minimum absolute atomic E-state index is 0.0465. The van der Waals surface area contributed by atoms with Gasteiger partial charge in [0.15, 0.2) is 5.78 Å². The van der Waals surface area contributed by atoms with Crippen LogP contribution in [0.5, 0.6) is 0 Å². The van der Waals surface area contributed by atoms with Gasteiger partial charge in [-0.3, -0.25) is 4.79 Å². The summed E-state index contributed by atoms with van der Waals surface area (Å²) in [6.45, 7) is 7.22. The van der Waals surface area contributed by atoms with E-state index in [-0.39, 0.29) is 17.7 Å². The SMILES string of the molecule is CC(NC(=O)OC(C)(C)C)C1Cc2cc(Cl)ccc2C1=O. The number of rotatable bonds is 2. The molecule has 1 aromatic rings. The number of fused-ring (bicyclic) bond motifs is 1. The number of benzene rings is 1. The Bertz CT molecular complexity index is 577. The molecule has 2 rings (SSSR count). The van der Waals surface area contributed by atoms with E-state index in [4.69, 9.17) is 16.3 Å². The van der Waals surface area contributed by atoms with Crippen LogP contribution >= 0.6 is 11.6 Å². The summed E-state index contributed by atoms with van der Waals surface area (Å²) in [6.07, 6.45) is 0.0860. The Labute approximate surface area is 129 Å². The molecule has 1 aromatic carbocycles. The molecular weight excluding hydrogens is 290 g/mol. The van der Waals surface area contributed by atoms with Gasteiger partial charge in [-0.2, -0.15) is 0 Å². The molecule has 0 saturated carbocycles. The van der Waals surface area contributed by atoms with Gasteiger partial charge in [-0.05, 0) is 57.9 Å². The summed E-state index contributed by atoms with van der Waals surface area (Å²) in [5.74, 6) is -0.226. The van der Waals surface area contributed by atoms with Gasteiger partial charge in [0.2, 0.25) is 0 Å². The van der Waals surface area contributed by atoms with Crippen molar-refractivity contribution in [3.63, 3.8) is 0 Å². The van der Waals surface area contributed by atoms with E-state index in [9.17, 15) is 9.59 Å². The van der Waals surface area contributed by atoms with E-state index in [0.717, 1.165) is 5.56 Å². The van der Waals surface area contributed by atoms with E-state index >= 15 is 0 Å². The minimum Gasteiger partial charge on any atom is -0.444 e. The van der Waals surface area contributed by atoms with Crippen LogP contribution in [-0.4, -0.2) is 23.5 Å². The second kappa shape index (κ2) is 5.68. The number of Topliss-reactive ketones (excluding diaryl/α,β-unsaturated/α-hetero) is 1. The maximum Gasteiger partial charge on any atom is 0.407 e. The molecule has 114 valence electrons.